The van der Waals surface area contributed by atoms with Crippen molar-refractivity contribution in [1.29, 1.82) is 0 Å². The van der Waals surface area contributed by atoms with Crippen molar-refractivity contribution in [3.05, 3.63) is 0 Å². The van der Waals surface area contributed by atoms with Crippen molar-refractivity contribution in [2.75, 3.05) is 13.7 Å². The van der Waals surface area contributed by atoms with Gasteiger partial charge in [0.05, 0.1) is 6.10 Å². The number of hydrogen-bond acceptors (Lipinski definition) is 2. The third kappa shape index (κ3) is 2.73. The van der Waals surface area contributed by atoms with Crippen LogP contribution >= 0.6 is 0 Å². The molecule has 2 saturated carbocycles. The van der Waals surface area contributed by atoms with Gasteiger partial charge in [0.2, 0.25) is 0 Å². The molecule has 2 atom stereocenters. The molecule has 2 heteroatoms. The van der Waals surface area contributed by atoms with Crippen molar-refractivity contribution < 1.29 is 4.74 Å². The second-order valence-corrected chi connectivity index (χ2v) is 5.12. The maximum atomic E-state index is 5.97. The molecule has 0 aromatic heterocycles. The van der Waals surface area contributed by atoms with Crippen LogP contribution in [-0.2, 0) is 4.74 Å². The van der Waals surface area contributed by atoms with E-state index in [-0.39, 0.29) is 0 Å². The van der Waals surface area contributed by atoms with Crippen LogP contribution in [0.1, 0.15) is 45.4 Å². The average molecular weight is 211 g/mol. The summed E-state index contributed by atoms with van der Waals surface area (Å²) < 4.78 is 5.97. The zero-order chi connectivity index (χ0) is 10.7. The van der Waals surface area contributed by atoms with Crippen LogP contribution in [0.2, 0.25) is 0 Å². The lowest BCUT2D eigenvalue weighted by molar-refractivity contribution is 0.00569. The highest BCUT2D eigenvalue weighted by molar-refractivity contribution is 4.94. The van der Waals surface area contributed by atoms with Gasteiger partial charge in [0.15, 0.2) is 0 Å². The number of hydrogen-bond donors (Lipinski definition) is 1. The van der Waals surface area contributed by atoms with Crippen molar-refractivity contribution >= 4 is 0 Å². The molecule has 2 unspecified atom stereocenters. The molecule has 0 saturated heterocycles. The van der Waals surface area contributed by atoms with Gasteiger partial charge in [-0.1, -0.05) is 12.8 Å². The minimum atomic E-state index is 0.489. The van der Waals surface area contributed by atoms with E-state index < -0.39 is 0 Å². The standard InChI is InChI=1S/C13H25NO/c1-3-15-13(11-8-9-11)12(14-2)10-6-4-5-7-10/h10-14H,3-9H2,1-2H3. The predicted octanol–water partition coefficient (Wildman–Crippen LogP) is 2.58. The first kappa shape index (κ1) is 11.4. The molecule has 0 aromatic carbocycles. The Morgan fingerprint density at radius 3 is 2.27 bits per heavy atom. The Bertz CT molecular complexity index is 185. The summed E-state index contributed by atoms with van der Waals surface area (Å²) in [7, 11) is 2.11. The van der Waals surface area contributed by atoms with Crippen LogP contribution in [0.15, 0.2) is 0 Å². The normalized spacial score (nSPS) is 26.8. The van der Waals surface area contributed by atoms with Gasteiger partial charge in [-0.25, -0.2) is 0 Å². The molecule has 2 aliphatic rings. The molecule has 1 N–H and O–H groups in total. The van der Waals surface area contributed by atoms with E-state index >= 15 is 0 Å². The third-order valence-corrected chi connectivity index (χ3v) is 4.04. The van der Waals surface area contributed by atoms with Crippen LogP contribution in [0.4, 0.5) is 0 Å². The van der Waals surface area contributed by atoms with Crippen LogP contribution in [0.5, 0.6) is 0 Å². The van der Waals surface area contributed by atoms with Gasteiger partial charge in [0, 0.05) is 12.6 Å². The molecule has 0 aliphatic heterocycles. The molecule has 2 aliphatic carbocycles. The Balaban J connectivity index is 1.94. The Labute approximate surface area is 93.8 Å². The van der Waals surface area contributed by atoms with Gasteiger partial charge in [0.1, 0.15) is 0 Å². The fourth-order valence-electron chi connectivity index (χ4n) is 3.13. The van der Waals surface area contributed by atoms with Crippen LogP contribution in [0, 0.1) is 11.8 Å². The van der Waals surface area contributed by atoms with Crippen LogP contribution in [0.25, 0.3) is 0 Å². The molecule has 0 amide bonds. The lowest BCUT2D eigenvalue weighted by Gasteiger charge is -2.31. The summed E-state index contributed by atoms with van der Waals surface area (Å²) >= 11 is 0. The van der Waals surface area contributed by atoms with Crippen LogP contribution < -0.4 is 5.32 Å². The monoisotopic (exact) mass is 211 g/mol. The van der Waals surface area contributed by atoms with Gasteiger partial charge >= 0.3 is 0 Å². The number of likely N-dealkylation sites (N-methyl/N-ethyl adjacent to an activating group) is 1. The molecular weight excluding hydrogens is 186 g/mol. The molecule has 15 heavy (non-hydrogen) atoms. The van der Waals surface area contributed by atoms with Gasteiger partial charge in [-0.05, 0) is 51.5 Å². The van der Waals surface area contributed by atoms with E-state index in [4.69, 9.17) is 4.74 Å². The lowest BCUT2D eigenvalue weighted by Crippen LogP contribution is -2.45. The second kappa shape index (κ2) is 5.31. The Kier molecular flexibility index (Phi) is 4.04. The molecule has 88 valence electrons. The fraction of sp³-hybridized carbons (Fsp3) is 1.00. The van der Waals surface area contributed by atoms with Gasteiger partial charge in [0.25, 0.3) is 0 Å². The summed E-state index contributed by atoms with van der Waals surface area (Å²) in [6, 6.07) is 0.611. The molecule has 2 fully saturated rings. The predicted molar refractivity (Wildman–Crippen MR) is 62.9 cm³/mol. The quantitative estimate of drug-likeness (QED) is 0.729. The van der Waals surface area contributed by atoms with Gasteiger partial charge in [-0.3, -0.25) is 0 Å². The average Bonchev–Trinajstić information content (AvgIpc) is 2.96. The summed E-state index contributed by atoms with van der Waals surface area (Å²) in [5.74, 6) is 1.72. The number of rotatable bonds is 6. The van der Waals surface area contributed by atoms with E-state index in [0.717, 1.165) is 18.4 Å². The fourth-order valence-corrected chi connectivity index (χ4v) is 3.13. The molecule has 2 nitrogen and oxygen atoms in total. The maximum Gasteiger partial charge on any atom is 0.0758 e. The van der Waals surface area contributed by atoms with E-state index in [1.165, 1.54) is 38.5 Å². The van der Waals surface area contributed by atoms with E-state index in [9.17, 15) is 0 Å². The van der Waals surface area contributed by atoms with Gasteiger partial charge < -0.3 is 10.1 Å². The Morgan fingerprint density at radius 1 is 1.13 bits per heavy atom. The lowest BCUT2D eigenvalue weighted by atomic mass is 9.91. The molecule has 0 heterocycles. The van der Waals surface area contributed by atoms with E-state index in [2.05, 4.69) is 19.3 Å². The number of ether oxygens (including phenoxy) is 1. The summed E-state index contributed by atoms with van der Waals surface area (Å²) in [5, 5.41) is 3.53. The molecular formula is C13H25NO. The Morgan fingerprint density at radius 2 is 1.80 bits per heavy atom. The molecule has 0 aromatic rings. The zero-order valence-corrected chi connectivity index (χ0v) is 10.2. The van der Waals surface area contributed by atoms with E-state index in [1.54, 1.807) is 0 Å². The first-order valence-electron chi connectivity index (χ1n) is 6.65. The largest absolute Gasteiger partial charge is 0.377 e. The van der Waals surface area contributed by atoms with Crippen molar-refractivity contribution in [3.63, 3.8) is 0 Å². The summed E-state index contributed by atoms with van der Waals surface area (Å²) in [4.78, 5) is 0. The van der Waals surface area contributed by atoms with Crippen molar-refractivity contribution in [2.45, 2.75) is 57.6 Å². The highest BCUT2D eigenvalue weighted by Crippen LogP contribution is 2.40. The highest BCUT2D eigenvalue weighted by atomic mass is 16.5. The minimum Gasteiger partial charge on any atom is -0.377 e. The van der Waals surface area contributed by atoms with Gasteiger partial charge in [-0.15, -0.1) is 0 Å². The van der Waals surface area contributed by atoms with Gasteiger partial charge in [-0.2, -0.15) is 0 Å². The van der Waals surface area contributed by atoms with Crippen molar-refractivity contribution in [1.82, 2.24) is 5.32 Å². The first-order chi connectivity index (χ1) is 7.36. The smallest absolute Gasteiger partial charge is 0.0758 e. The van der Waals surface area contributed by atoms with Crippen molar-refractivity contribution in [3.8, 4) is 0 Å². The summed E-state index contributed by atoms with van der Waals surface area (Å²) in [6.45, 7) is 2.99. The SMILES string of the molecule is CCOC(C1CC1)C(NC)C1CCCC1. The zero-order valence-electron chi connectivity index (χ0n) is 10.2. The van der Waals surface area contributed by atoms with Crippen LogP contribution in [-0.4, -0.2) is 25.8 Å². The molecule has 0 radical (unpaired) electrons. The second-order valence-electron chi connectivity index (χ2n) is 5.12. The first-order valence-corrected chi connectivity index (χ1v) is 6.65. The molecule has 0 bridgehead atoms. The van der Waals surface area contributed by atoms with E-state index in [0.29, 0.717) is 12.1 Å². The number of nitrogens with one attached hydrogen (secondary N) is 1. The molecule has 0 spiro atoms. The summed E-state index contributed by atoms with van der Waals surface area (Å²) in [6.07, 6.45) is 8.91. The Hall–Kier alpha value is -0.0800. The molecule has 2 rings (SSSR count). The topological polar surface area (TPSA) is 21.3 Å². The third-order valence-electron chi connectivity index (χ3n) is 4.04. The maximum absolute atomic E-state index is 5.97. The minimum absolute atomic E-state index is 0.489. The van der Waals surface area contributed by atoms with E-state index in [1.807, 2.05) is 0 Å². The summed E-state index contributed by atoms with van der Waals surface area (Å²) in [5.41, 5.74) is 0. The van der Waals surface area contributed by atoms with Crippen LogP contribution in [0.3, 0.4) is 0 Å². The van der Waals surface area contributed by atoms with Crippen molar-refractivity contribution in [2.24, 2.45) is 11.8 Å². The highest BCUT2D eigenvalue weighted by Gasteiger charge is 2.40.